The lowest BCUT2D eigenvalue weighted by atomic mass is 9.98. The molecule has 0 aromatic rings. The Hall–Kier alpha value is -0.650. The van der Waals surface area contributed by atoms with E-state index in [1.165, 1.54) is 0 Å². The summed E-state index contributed by atoms with van der Waals surface area (Å²) in [5.41, 5.74) is -0.405. The predicted molar refractivity (Wildman–Crippen MR) is 59.0 cm³/mol. The summed E-state index contributed by atoms with van der Waals surface area (Å²) in [7, 11) is 0. The van der Waals surface area contributed by atoms with Gasteiger partial charge in [-0.05, 0) is 26.3 Å². The number of amides is 1. The summed E-state index contributed by atoms with van der Waals surface area (Å²) in [5, 5.41) is 12.3. The van der Waals surface area contributed by atoms with Gasteiger partial charge in [0.2, 0.25) is 5.91 Å². The maximum Gasteiger partial charge on any atom is 0.242 e. The minimum atomic E-state index is -0.405. The first-order valence-corrected chi connectivity index (χ1v) is 5.92. The zero-order valence-corrected chi connectivity index (χ0v) is 9.74. The number of hydrogen-bond acceptors (Lipinski definition) is 4. The van der Waals surface area contributed by atoms with Gasteiger partial charge in [0.25, 0.3) is 0 Å². The zero-order chi connectivity index (χ0) is 11.6. The number of rotatable bonds is 2. The molecule has 0 spiro atoms. The Balaban J connectivity index is 1.98. The first-order valence-electron chi connectivity index (χ1n) is 5.92. The first-order chi connectivity index (χ1) is 7.65. The molecule has 2 fully saturated rings. The number of nitrogens with one attached hydrogen (secondary N) is 1. The van der Waals surface area contributed by atoms with Crippen LogP contribution in [-0.4, -0.2) is 60.4 Å². The fourth-order valence-corrected chi connectivity index (χ4v) is 2.44. The molecular formula is C11H20N2O3. The molecule has 0 aliphatic carbocycles. The van der Waals surface area contributed by atoms with Crippen molar-refractivity contribution in [3.8, 4) is 0 Å². The Bertz CT molecular complexity index is 264. The highest BCUT2D eigenvalue weighted by molar-refractivity contribution is 5.86. The summed E-state index contributed by atoms with van der Waals surface area (Å²) in [4.78, 5) is 14.1. The van der Waals surface area contributed by atoms with Gasteiger partial charge >= 0.3 is 0 Å². The Kier molecular flexibility index (Phi) is 3.47. The fraction of sp³-hybridized carbons (Fsp3) is 0.909. The fourth-order valence-electron chi connectivity index (χ4n) is 2.44. The lowest BCUT2D eigenvalue weighted by Crippen LogP contribution is -2.57. The van der Waals surface area contributed by atoms with Crippen LogP contribution in [0, 0.1) is 0 Å². The van der Waals surface area contributed by atoms with Crippen LogP contribution in [-0.2, 0) is 9.53 Å². The highest BCUT2D eigenvalue weighted by Crippen LogP contribution is 2.22. The summed E-state index contributed by atoms with van der Waals surface area (Å²) in [6.07, 6.45) is 1.73. The van der Waals surface area contributed by atoms with Crippen LogP contribution in [0.3, 0.4) is 0 Å². The largest absolute Gasteiger partial charge is 0.394 e. The van der Waals surface area contributed by atoms with Crippen LogP contribution in [0.1, 0.15) is 19.8 Å². The molecule has 0 radical (unpaired) electrons. The number of carbonyl (C=O) groups is 1. The van der Waals surface area contributed by atoms with E-state index >= 15 is 0 Å². The molecule has 2 unspecified atom stereocenters. The molecule has 5 heteroatoms. The monoisotopic (exact) mass is 228 g/mol. The van der Waals surface area contributed by atoms with Gasteiger partial charge in [-0.2, -0.15) is 0 Å². The molecule has 2 heterocycles. The van der Waals surface area contributed by atoms with Crippen molar-refractivity contribution < 1.29 is 14.6 Å². The summed E-state index contributed by atoms with van der Waals surface area (Å²) >= 11 is 0. The summed E-state index contributed by atoms with van der Waals surface area (Å²) in [5.74, 6) is 0.145. The number of carbonyl (C=O) groups excluding carboxylic acids is 1. The molecule has 2 atom stereocenters. The molecule has 0 aromatic heterocycles. The van der Waals surface area contributed by atoms with Crippen LogP contribution in [0.25, 0.3) is 0 Å². The molecule has 92 valence electrons. The highest BCUT2D eigenvalue weighted by Gasteiger charge is 2.40. The Morgan fingerprint density at radius 3 is 3.12 bits per heavy atom. The van der Waals surface area contributed by atoms with Crippen molar-refractivity contribution >= 4 is 5.91 Å². The molecule has 2 saturated heterocycles. The molecule has 16 heavy (non-hydrogen) atoms. The van der Waals surface area contributed by atoms with E-state index in [0.717, 1.165) is 19.4 Å². The summed E-state index contributed by atoms with van der Waals surface area (Å²) in [6, 6.07) is 0. The Morgan fingerprint density at radius 1 is 1.69 bits per heavy atom. The van der Waals surface area contributed by atoms with E-state index in [2.05, 4.69) is 5.32 Å². The maximum absolute atomic E-state index is 12.3. The van der Waals surface area contributed by atoms with E-state index in [1.807, 2.05) is 11.8 Å². The van der Waals surface area contributed by atoms with Crippen molar-refractivity contribution in [2.24, 2.45) is 0 Å². The van der Waals surface area contributed by atoms with Gasteiger partial charge in [-0.1, -0.05) is 0 Å². The van der Waals surface area contributed by atoms with Crippen molar-refractivity contribution in [1.29, 1.82) is 0 Å². The van der Waals surface area contributed by atoms with Gasteiger partial charge in [-0.25, -0.2) is 0 Å². The Morgan fingerprint density at radius 2 is 2.50 bits per heavy atom. The lowest BCUT2D eigenvalue weighted by Gasteiger charge is -2.37. The van der Waals surface area contributed by atoms with Crippen LogP contribution in [0.4, 0.5) is 0 Å². The SMILES string of the molecule is CC1(C(=O)N2CCOC(CO)C2)CCCN1. The van der Waals surface area contributed by atoms with Gasteiger partial charge in [-0.3, -0.25) is 4.79 Å². The van der Waals surface area contributed by atoms with E-state index in [0.29, 0.717) is 19.7 Å². The van der Waals surface area contributed by atoms with Crippen LogP contribution < -0.4 is 5.32 Å². The minimum Gasteiger partial charge on any atom is -0.394 e. The molecule has 0 bridgehead atoms. The average molecular weight is 228 g/mol. The third-order valence-electron chi connectivity index (χ3n) is 3.47. The normalized spacial score (nSPS) is 35.4. The van der Waals surface area contributed by atoms with Crippen molar-refractivity contribution in [3.05, 3.63) is 0 Å². The van der Waals surface area contributed by atoms with Crippen LogP contribution in [0.15, 0.2) is 0 Å². The number of aliphatic hydroxyl groups is 1. The molecule has 0 aromatic carbocycles. The average Bonchev–Trinajstić information content (AvgIpc) is 2.76. The predicted octanol–water partition coefficient (Wildman–Crippen LogP) is -0.652. The van der Waals surface area contributed by atoms with Gasteiger partial charge in [-0.15, -0.1) is 0 Å². The van der Waals surface area contributed by atoms with Gasteiger partial charge in [0.15, 0.2) is 0 Å². The van der Waals surface area contributed by atoms with E-state index in [4.69, 9.17) is 9.84 Å². The van der Waals surface area contributed by atoms with Gasteiger partial charge in [0.1, 0.15) is 0 Å². The third-order valence-corrected chi connectivity index (χ3v) is 3.47. The van der Waals surface area contributed by atoms with E-state index < -0.39 is 5.54 Å². The Labute approximate surface area is 95.8 Å². The molecule has 2 N–H and O–H groups in total. The topological polar surface area (TPSA) is 61.8 Å². The van der Waals surface area contributed by atoms with Crippen LogP contribution in [0.2, 0.25) is 0 Å². The van der Waals surface area contributed by atoms with E-state index in [9.17, 15) is 4.79 Å². The smallest absolute Gasteiger partial charge is 0.242 e. The number of aliphatic hydroxyl groups excluding tert-OH is 1. The second-order valence-corrected chi connectivity index (χ2v) is 4.79. The van der Waals surface area contributed by atoms with Crippen molar-refractivity contribution in [3.63, 3.8) is 0 Å². The first kappa shape index (κ1) is 11.8. The van der Waals surface area contributed by atoms with Gasteiger partial charge < -0.3 is 20.1 Å². The third kappa shape index (κ3) is 2.21. The van der Waals surface area contributed by atoms with Gasteiger partial charge in [0.05, 0.1) is 24.9 Å². The summed E-state index contributed by atoms with van der Waals surface area (Å²) in [6.45, 7) is 4.52. The number of hydrogen-bond donors (Lipinski definition) is 2. The summed E-state index contributed by atoms with van der Waals surface area (Å²) < 4.78 is 5.34. The van der Waals surface area contributed by atoms with Crippen molar-refractivity contribution in [2.45, 2.75) is 31.4 Å². The van der Waals surface area contributed by atoms with Crippen molar-refractivity contribution in [2.75, 3.05) is 32.8 Å². The van der Waals surface area contributed by atoms with Crippen LogP contribution in [0.5, 0.6) is 0 Å². The number of ether oxygens (including phenoxy) is 1. The molecule has 5 nitrogen and oxygen atoms in total. The van der Waals surface area contributed by atoms with E-state index in [1.54, 1.807) is 0 Å². The lowest BCUT2D eigenvalue weighted by molar-refractivity contribution is -0.146. The molecule has 1 amide bonds. The van der Waals surface area contributed by atoms with Gasteiger partial charge in [0, 0.05) is 13.1 Å². The van der Waals surface area contributed by atoms with Crippen molar-refractivity contribution in [1.82, 2.24) is 10.2 Å². The van der Waals surface area contributed by atoms with E-state index in [-0.39, 0.29) is 18.6 Å². The molecule has 2 aliphatic heterocycles. The number of nitrogens with zero attached hydrogens (tertiary/aromatic N) is 1. The van der Waals surface area contributed by atoms with Crippen LogP contribution >= 0.6 is 0 Å². The molecule has 2 rings (SSSR count). The minimum absolute atomic E-state index is 0.0199. The molecular weight excluding hydrogens is 208 g/mol. The maximum atomic E-state index is 12.3. The highest BCUT2D eigenvalue weighted by atomic mass is 16.5. The second kappa shape index (κ2) is 4.69. The quantitative estimate of drug-likeness (QED) is 0.659. The molecule has 2 aliphatic rings. The number of morpholine rings is 1. The molecule has 0 saturated carbocycles. The standard InChI is InChI=1S/C11H20N2O3/c1-11(3-2-4-12-11)10(15)13-5-6-16-9(7-13)8-14/h9,12,14H,2-8H2,1H3. The zero-order valence-electron chi connectivity index (χ0n) is 9.74. The second-order valence-electron chi connectivity index (χ2n) is 4.79.